The summed E-state index contributed by atoms with van der Waals surface area (Å²) in [5.41, 5.74) is 1.40. The number of H-pyrrole nitrogens is 1. The number of hydrogen-bond acceptors (Lipinski definition) is 4. The van der Waals surface area contributed by atoms with E-state index in [0.29, 0.717) is 42.8 Å². The largest absolute Gasteiger partial charge is 0.497 e. The number of aromatic nitrogens is 2. The van der Waals surface area contributed by atoms with Crippen LogP contribution in [0, 0.1) is 5.82 Å². The van der Waals surface area contributed by atoms with Crippen LogP contribution < -0.4 is 15.4 Å². The molecule has 3 aromatic rings. The number of carbonyl (C=O) groups is 1. The minimum atomic E-state index is -0.669. The van der Waals surface area contributed by atoms with Gasteiger partial charge in [0.15, 0.2) is 0 Å². The first kappa shape index (κ1) is 22.1. The number of imidazole rings is 1. The Labute approximate surface area is 186 Å². The van der Waals surface area contributed by atoms with Gasteiger partial charge in [-0.1, -0.05) is 18.2 Å². The zero-order valence-electron chi connectivity index (χ0n) is 18.3. The Bertz CT molecular complexity index is 1050. The summed E-state index contributed by atoms with van der Waals surface area (Å²) in [4.78, 5) is 20.7. The van der Waals surface area contributed by atoms with Crippen LogP contribution in [-0.4, -0.2) is 39.9 Å². The lowest BCUT2D eigenvalue weighted by Gasteiger charge is -2.33. The summed E-state index contributed by atoms with van der Waals surface area (Å²) < 4.78 is 19.7. The van der Waals surface area contributed by atoms with E-state index in [4.69, 9.17) is 4.74 Å². The number of benzene rings is 2. The van der Waals surface area contributed by atoms with Gasteiger partial charge in [-0.25, -0.2) is 14.2 Å². The molecular weight excluding hydrogens is 411 g/mol. The number of aliphatic hydroxyl groups is 1. The van der Waals surface area contributed by atoms with E-state index >= 15 is 0 Å². The molecule has 2 amide bonds. The number of methoxy groups -OCH3 is 1. The number of fused-ring (bicyclic) bond motifs is 1. The van der Waals surface area contributed by atoms with Crippen molar-refractivity contribution in [2.45, 2.75) is 56.7 Å². The molecule has 0 aliphatic heterocycles. The first-order chi connectivity index (χ1) is 15.3. The molecule has 0 saturated heterocycles. The maximum absolute atomic E-state index is 14.6. The van der Waals surface area contributed by atoms with Crippen LogP contribution in [-0.2, 0) is 6.42 Å². The highest BCUT2D eigenvalue weighted by molar-refractivity contribution is 5.76. The summed E-state index contributed by atoms with van der Waals surface area (Å²) in [5, 5.41) is 16.1. The number of amides is 2. The van der Waals surface area contributed by atoms with Gasteiger partial charge in [-0.2, -0.15) is 0 Å². The Hall–Kier alpha value is -3.13. The number of hydrogen-bond donors (Lipinski definition) is 4. The molecule has 4 N–H and O–H groups in total. The Balaban J connectivity index is 1.52. The molecule has 32 heavy (non-hydrogen) atoms. The standard InChI is InChI=1S/C24H29FN4O3/c1-24(31)11-9-16(10-12-24)26-23(30)29-21(13-15-7-8-17(32-2)14-18(15)25)22-27-19-5-3-4-6-20(19)28-22/h3-8,14,16,21,31H,9-13H2,1-2H3,(H,27,28)(H2,26,29,30)/t16-,21-,24-/m1/s1. The summed E-state index contributed by atoms with van der Waals surface area (Å²) in [6.45, 7) is 1.82. The molecule has 1 atom stereocenters. The van der Waals surface area contributed by atoms with Gasteiger partial charge in [0, 0.05) is 18.5 Å². The molecule has 1 aliphatic rings. The molecule has 1 heterocycles. The Kier molecular flexibility index (Phi) is 6.32. The van der Waals surface area contributed by atoms with E-state index < -0.39 is 17.5 Å². The van der Waals surface area contributed by atoms with Crippen molar-refractivity contribution < 1.29 is 19.0 Å². The molecule has 1 saturated carbocycles. The molecule has 7 nitrogen and oxygen atoms in total. The summed E-state index contributed by atoms with van der Waals surface area (Å²) in [6.07, 6.45) is 2.93. The molecule has 0 radical (unpaired) electrons. The van der Waals surface area contributed by atoms with Gasteiger partial charge in [-0.15, -0.1) is 0 Å². The number of carbonyl (C=O) groups excluding carboxylic acids is 1. The average molecular weight is 441 g/mol. The number of urea groups is 1. The fourth-order valence-corrected chi connectivity index (χ4v) is 4.16. The highest BCUT2D eigenvalue weighted by Crippen LogP contribution is 2.28. The van der Waals surface area contributed by atoms with Crippen molar-refractivity contribution in [1.82, 2.24) is 20.6 Å². The van der Waals surface area contributed by atoms with Crippen LogP contribution >= 0.6 is 0 Å². The Morgan fingerprint density at radius 1 is 1.31 bits per heavy atom. The third-order valence-electron chi connectivity index (χ3n) is 6.13. The summed E-state index contributed by atoms with van der Waals surface area (Å²) in [5.74, 6) is 0.593. The lowest BCUT2D eigenvalue weighted by molar-refractivity contribution is 0.0151. The predicted molar refractivity (Wildman–Crippen MR) is 120 cm³/mol. The Morgan fingerprint density at radius 2 is 2.06 bits per heavy atom. The number of nitrogens with one attached hydrogen (secondary N) is 3. The van der Waals surface area contributed by atoms with Gasteiger partial charge < -0.3 is 25.5 Å². The Morgan fingerprint density at radius 3 is 2.75 bits per heavy atom. The topological polar surface area (TPSA) is 99.3 Å². The number of para-hydroxylation sites is 2. The van der Waals surface area contributed by atoms with E-state index in [9.17, 15) is 14.3 Å². The van der Waals surface area contributed by atoms with Gasteiger partial charge in [-0.05, 0) is 56.4 Å². The first-order valence-corrected chi connectivity index (χ1v) is 10.9. The molecule has 170 valence electrons. The van der Waals surface area contributed by atoms with Gasteiger partial charge in [0.25, 0.3) is 0 Å². The van der Waals surface area contributed by atoms with E-state index in [1.54, 1.807) is 12.1 Å². The second-order valence-electron chi connectivity index (χ2n) is 8.74. The second kappa shape index (κ2) is 9.16. The van der Waals surface area contributed by atoms with Gasteiger partial charge >= 0.3 is 6.03 Å². The molecule has 8 heteroatoms. The van der Waals surface area contributed by atoms with Crippen molar-refractivity contribution in [2.75, 3.05) is 7.11 Å². The van der Waals surface area contributed by atoms with Crippen molar-refractivity contribution in [3.63, 3.8) is 0 Å². The summed E-state index contributed by atoms with van der Waals surface area (Å²) in [6, 6.07) is 11.4. The summed E-state index contributed by atoms with van der Waals surface area (Å²) in [7, 11) is 1.49. The van der Waals surface area contributed by atoms with Gasteiger partial charge in [0.1, 0.15) is 17.4 Å². The molecular formula is C24H29FN4O3. The predicted octanol–water partition coefficient (Wildman–Crippen LogP) is 3.99. The third kappa shape index (κ3) is 5.19. The van der Waals surface area contributed by atoms with Gasteiger partial charge in [0.2, 0.25) is 0 Å². The van der Waals surface area contributed by atoms with E-state index in [0.717, 1.165) is 11.0 Å². The summed E-state index contributed by atoms with van der Waals surface area (Å²) >= 11 is 0. The zero-order chi connectivity index (χ0) is 22.7. The molecule has 1 fully saturated rings. The normalized spacial score (nSPS) is 21.8. The maximum Gasteiger partial charge on any atom is 0.315 e. The average Bonchev–Trinajstić information content (AvgIpc) is 3.20. The van der Waals surface area contributed by atoms with Crippen molar-refractivity contribution in [1.29, 1.82) is 0 Å². The van der Waals surface area contributed by atoms with Crippen LogP contribution in [0.3, 0.4) is 0 Å². The number of ether oxygens (including phenoxy) is 1. The minimum Gasteiger partial charge on any atom is -0.497 e. The molecule has 1 aromatic heterocycles. The third-order valence-corrected chi connectivity index (χ3v) is 6.13. The fraction of sp³-hybridized carbons (Fsp3) is 0.417. The van der Waals surface area contributed by atoms with Crippen LogP contribution in [0.15, 0.2) is 42.5 Å². The quantitative estimate of drug-likeness (QED) is 0.466. The van der Waals surface area contributed by atoms with E-state index in [2.05, 4.69) is 20.6 Å². The SMILES string of the molecule is COc1ccc(C[C@@H](NC(=O)N[C@H]2CC[C@](C)(O)CC2)c2nc3ccccc3[nH]2)c(F)c1. The molecule has 0 bridgehead atoms. The van der Waals surface area contributed by atoms with Gasteiger partial charge in [-0.3, -0.25) is 0 Å². The van der Waals surface area contributed by atoms with E-state index in [1.807, 2.05) is 31.2 Å². The lowest BCUT2D eigenvalue weighted by Crippen LogP contribution is -2.47. The van der Waals surface area contributed by atoms with E-state index in [-0.39, 0.29) is 18.5 Å². The highest BCUT2D eigenvalue weighted by Gasteiger charge is 2.30. The maximum atomic E-state index is 14.6. The van der Waals surface area contributed by atoms with Crippen LogP contribution in [0.4, 0.5) is 9.18 Å². The van der Waals surface area contributed by atoms with Crippen LogP contribution in [0.1, 0.15) is 50.0 Å². The molecule has 4 rings (SSSR count). The number of nitrogens with zero attached hydrogens (tertiary/aromatic N) is 1. The van der Waals surface area contributed by atoms with Crippen molar-refractivity contribution in [3.8, 4) is 5.75 Å². The molecule has 2 aromatic carbocycles. The van der Waals surface area contributed by atoms with E-state index in [1.165, 1.54) is 13.2 Å². The first-order valence-electron chi connectivity index (χ1n) is 10.9. The van der Waals surface area contributed by atoms with Crippen LogP contribution in [0.25, 0.3) is 11.0 Å². The monoisotopic (exact) mass is 440 g/mol. The van der Waals surface area contributed by atoms with Crippen molar-refractivity contribution >= 4 is 17.1 Å². The zero-order valence-corrected chi connectivity index (χ0v) is 18.3. The number of rotatable bonds is 6. The van der Waals surface area contributed by atoms with Crippen molar-refractivity contribution in [3.05, 3.63) is 59.7 Å². The van der Waals surface area contributed by atoms with Crippen LogP contribution in [0.5, 0.6) is 5.75 Å². The minimum absolute atomic E-state index is 0.00993. The molecule has 1 aliphatic carbocycles. The number of halogens is 1. The lowest BCUT2D eigenvalue weighted by atomic mass is 9.84. The van der Waals surface area contributed by atoms with Crippen LogP contribution in [0.2, 0.25) is 0 Å². The second-order valence-corrected chi connectivity index (χ2v) is 8.74. The fourth-order valence-electron chi connectivity index (χ4n) is 4.16. The highest BCUT2D eigenvalue weighted by atomic mass is 19.1. The van der Waals surface area contributed by atoms with Crippen molar-refractivity contribution in [2.24, 2.45) is 0 Å². The number of aromatic amines is 1. The molecule has 0 spiro atoms. The van der Waals surface area contributed by atoms with Gasteiger partial charge in [0.05, 0.1) is 29.8 Å². The molecule has 0 unspecified atom stereocenters. The smallest absolute Gasteiger partial charge is 0.315 e.